The van der Waals surface area contributed by atoms with Gasteiger partial charge in [0.2, 0.25) is 0 Å². The molecule has 2 heterocycles. The SMILES string of the molecule is Cc1nn(C)c2c1NCCCN2C(C)C. The average Bonchev–Trinajstić information content (AvgIpc) is 2.40. The van der Waals surface area contributed by atoms with Crippen molar-refractivity contribution in [1.29, 1.82) is 0 Å². The van der Waals surface area contributed by atoms with Crippen LogP contribution in [0.25, 0.3) is 0 Å². The predicted octanol–water partition coefficient (Wildman–Crippen LogP) is 1.76. The van der Waals surface area contributed by atoms with E-state index in [1.807, 2.05) is 11.7 Å². The van der Waals surface area contributed by atoms with Crippen LogP contribution in [0, 0.1) is 6.92 Å². The molecule has 0 saturated heterocycles. The fourth-order valence-corrected chi connectivity index (χ4v) is 2.25. The molecule has 1 aromatic heterocycles. The third-order valence-corrected chi connectivity index (χ3v) is 2.96. The number of rotatable bonds is 1. The van der Waals surface area contributed by atoms with Crippen molar-refractivity contribution in [2.24, 2.45) is 7.05 Å². The summed E-state index contributed by atoms with van der Waals surface area (Å²) in [6.07, 6.45) is 1.19. The van der Waals surface area contributed by atoms with Gasteiger partial charge < -0.3 is 10.2 Å². The molecule has 0 amide bonds. The van der Waals surface area contributed by atoms with Gasteiger partial charge in [-0.3, -0.25) is 4.68 Å². The third kappa shape index (κ3) is 1.68. The summed E-state index contributed by atoms with van der Waals surface area (Å²) in [5.41, 5.74) is 2.31. The Morgan fingerprint density at radius 2 is 2.13 bits per heavy atom. The van der Waals surface area contributed by atoms with E-state index < -0.39 is 0 Å². The summed E-state index contributed by atoms with van der Waals surface area (Å²) >= 11 is 0. The number of anilines is 2. The van der Waals surface area contributed by atoms with Gasteiger partial charge in [0.1, 0.15) is 5.69 Å². The van der Waals surface area contributed by atoms with E-state index in [0.29, 0.717) is 6.04 Å². The first-order valence-electron chi connectivity index (χ1n) is 5.65. The summed E-state index contributed by atoms with van der Waals surface area (Å²) in [7, 11) is 2.02. The van der Waals surface area contributed by atoms with E-state index >= 15 is 0 Å². The molecule has 0 saturated carbocycles. The fraction of sp³-hybridized carbons (Fsp3) is 0.727. The van der Waals surface area contributed by atoms with Crippen molar-refractivity contribution >= 4 is 11.5 Å². The smallest absolute Gasteiger partial charge is 0.150 e. The first-order valence-corrected chi connectivity index (χ1v) is 5.65. The molecular formula is C11H20N4. The summed E-state index contributed by atoms with van der Waals surface area (Å²) in [5.74, 6) is 1.24. The molecule has 2 rings (SSSR count). The van der Waals surface area contributed by atoms with Crippen molar-refractivity contribution < 1.29 is 0 Å². The largest absolute Gasteiger partial charge is 0.380 e. The molecule has 1 aromatic rings. The summed E-state index contributed by atoms with van der Waals surface area (Å²) in [6.45, 7) is 8.68. The minimum Gasteiger partial charge on any atom is -0.380 e. The molecule has 0 aliphatic carbocycles. The Labute approximate surface area is 91.3 Å². The van der Waals surface area contributed by atoms with Gasteiger partial charge in [0, 0.05) is 26.2 Å². The van der Waals surface area contributed by atoms with Crippen molar-refractivity contribution in [2.75, 3.05) is 23.3 Å². The fourth-order valence-electron chi connectivity index (χ4n) is 2.25. The van der Waals surface area contributed by atoms with Crippen LogP contribution in [0.3, 0.4) is 0 Å². The average molecular weight is 208 g/mol. The van der Waals surface area contributed by atoms with Crippen LogP contribution in [0.5, 0.6) is 0 Å². The molecule has 0 unspecified atom stereocenters. The number of aryl methyl sites for hydroxylation is 2. The lowest BCUT2D eigenvalue weighted by Crippen LogP contribution is -2.32. The summed E-state index contributed by atoms with van der Waals surface area (Å²) in [4.78, 5) is 2.43. The van der Waals surface area contributed by atoms with E-state index in [1.165, 1.54) is 17.9 Å². The van der Waals surface area contributed by atoms with Crippen LogP contribution in [0.1, 0.15) is 26.0 Å². The number of fused-ring (bicyclic) bond motifs is 1. The Morgan fingerprint density at radius 1 is 1.40 bits per heavy atom. The molecule has 0 aromatic carbocycles. The van der Waals surface area contributed by atoms with Crippen LogP contribution in [0.4, 0.5) is 11.5 Å². The first-order chi connectivity index (χ1) is 7.11. The quantitative estimate of drug-likeness (QED) is 0.763. The summed E-state index contributed by atoms with van der Waals surface area (Å²) in [6, 6.07) is 0.526. The molecular weight excluding hydrogens is 188 g/mol. The van der Waals surface area contributed by atoms with Gasteiger partial charge in [-0.25, -0.2) is 0 Å². The lowest BCUT2D eigenvalue weighted by Gasteiger charge is -2.27. The second-order valence-electron chi connectivity index (χ2n) is 4.48. The molecule has 1 aliphatic heterocycles. The molecule has 1 aliphatic rings. The second-order valence-corrected chi connectivity index (χ2v) is 4.48. The highest BCUT2D eigenvalue weighted by molar-refractivity contribution is 5.70. The van der Waals surface area contributed by atoms with Crippen molar-refractivity contribution in [2.45, 2.75) is 33.2 Å². The van der Waals surface area contributed by atoms with Crippen LogP contribution in [0.2, 0.25) is 0 Å². The van der Waals surface area contributed by atoms with E-state index in [2.05, 4.69) is 36.1 Å². The van der Waals surface area contributed by atoms with Crippen molar-refractivity contribution in [3.63, 3.8) is 0 Å². The van der Waals surface area contributed by atoms with Gasteiger partial charge in [-0.05, 0) is 27.2 Å². The number of nitrogens with one attached hydrogen (secondary N) is 1. The minimum atomic E-state index is 0.526. The zero-order valence-corrected chi connectivity index (χ0v) is 10.0. The lowest BCUT2D eigenvalue weighted by molar-refractivity contribution is 0.630. The predicted molar refractivity (Wildman–Crippen MR) is 63.5 cm³/mol. The molecule has 4 nitrogen and oxygen atoms in total. The molecule has 0 radical (unpaired) electrons. The Morgan fingerprint density at radius 3 is 2.80 bits per heavy atom. The highest BCUT2D eigenvalue weighted by Crippen LogP contribution is 2.31. The number of aromatic nitrogens is 2. The normalized spacial score (nSPS) is 16.2. The zero-order valence-electron chi connectivity index (χ0n) is 10.0. The van der Waals surface area contributed by atoms with Gasteiger partial charge in [0.25, 0.3) is 0 Å². The molecule has 1 N–H and O–H groups in total. The highest BCUT2D eigenvalue weighted by atomic mass is 15.4. The van der Waals surface area contributed by atoms with Gasteiger partial charge in [0.15, 0.2) is 5.82 Å². The molecule has 84 valence electrons. The number of nitrogens with zero attached hydrogens (tertiary/aromatic N) is 3. The van der Waals surface area contributed by atoms with Crippen LogP contribution in [-0.4, -0.2) is 28.9 Å². The molecule has 0 spiro atoms. The van der Waals surface area contributed by atoms with E-state index in [9.17, 15) is 0 Å². The van der Waals surface area contributed by atoms with Crippen LogP contribution in [0.15, 0.2) is 0 Å². The van der Waals surface area contributed by atoms with E-state index in [-0.39, 0.29) is 0 Å². The Balaban J connectivity index is 2.48. The Hall–Kier alpha value is -1.19. The maximum Gasteiger partial charge on any atom is 0.150 e. The highest BCUT2D eigenvalue weighted by Gasteiger charge is 2.23. The van der Waals surface area contributed by atoms with Crippen LogP contribution < -0.4 is 10.2 Å². The lowest BCUT2D eigenvalue weighted by atomic mass is 10.3. The summed E-state index contributed by atoms with van der Waals surface area (Å²) < 4.78 is 1.99. The Kier molecular flexibility index (Phi) is 2.59. The molecule has 0 atom stereocenters. The van der Waals surface area contributed by atoms with Gasteiger partial charge in [-0.2, -0.15) is 5.10 Å². The maximum atomic E-state index is 4.48. The minimum absolute atomic E-state index is 0.526. The van der Waals surface area contributed by atoms with Gasteiger partial charge >= 0.3 is 0 Å². The Bertz CT molecular complexity index is 354. The standard InChI is InChI=1S/C11H20N4/c1-8(2)15-7-5-6-12-10-9(3)13-14(4)11(10)15/h8,12H,5-7H2,1-4H3. The number of hydrogen-bond donors (Lipinski definition) is 1. The zero-order chi connectivity index (χ0) is 11.0. The van der Waals surface area contributed by atoms with Gasteiger partial charge in [0.05, 0.1) is 5.69 Å². The van der Waals surface area contributed by atoms with Crippen molar-refractivity contribution in [1.82, 2.24) is 9.78 Å². The van der Waals surface area contributed by atoms with Crippen LogP contribution in [-0.2, 0) is 7.05 Å². The molecule has 0 bridgehead atoms. The molecule has 0 fully saturated rings. The van der Waals surface area contributed by atoms with E-state index in [0.717, 1.165) is 18.8 Å². The second kappa shape index (κ2) is 3.76. The first kappa shape index (κ1) is 10.3. The maximum absolute atomic E-state index is 4.48. The van der Waals surface area contributed by atoms with Crippen molar-refractivity contribution in [3.05, 3.63) is 5.69 Å². The van der Waals surface area contributed by atoms with Crippen LogP contribution >= 0.6 is 0 Å². The van der Waals surface area contributed by atoms with Gasteiger partial charge in [-0.1, -0.05) is 0 Å². The molecule has 15 heavy (non-hydrogen) atoms. The third-order valence-electron chi connectivity index (χ3n) is 2.96. The van der Waals surface area contributed by atoms with Gasteiger partial charge in [-0.15, -0.1) is 0 Å². The number of hydrogen-bond acceptors (Lipinski definition) is 3. The molecule has 4 heteroatoms. The van der Waals surface area contributed by atoms with Crippen molar-refractivity contribution in [3.8, 4) is 0 Å². The summed E-state index contributed by atoms with van der Waals surface area (Å²) in [5, 5.41) is 7.95. The monoisotopic (exact) mass is 208 g/mol. The topological polar surface area (TPSA) is 33.1 Å². The van der Waals surface area contributed by atoms with E-state index in [1.54, 1.807) is 0 Å². The van der Waals surface area contributed by atoms with E-state index in [4.69, 9.17) is 0 Å².